The van der Waals surface area contributed by atoms with Gasteiger partial charge in [0.25, 0.3) is 0 Å². The molecule has 2 aliphatic rings. The minimum absolute atomic E-state index is 0.576. The number of nitrogens with two attached hydrogens (primary N) is 1. The SMILES string of the molecule is Cc1nc(N2CCC3CCC(C2)N3C)ccc1CN. The van der Waals surface area contributed by atoms with Crippen LogP contribution in [0.15, 0.2) is 12.1 Å². The Balaban J connectivity index is 1.81. The zero-order valence-corrected chi connectivity index (χ0v) is 12.0. The first-order chi connectivity index (χ1) is 9.19. The van der Waals surface area contributed by atoms with Gasteiger partial charge < -0.3 is 10.6 Å². The van der Waals surface area contributed by atoms with E-state index in [4.69, 9.17) is 10.7 Å². The first-order valence-electron chi connectivity index (χ1n) is 7.32. The van der Waals surface area contributed by atoms with E-state index in [-0.39, 0.29) is 0 Å². The molecule has 2 unspecified atom stereocenters. The molecule has 2 bridgehead atoms. The van der Waals surface area contributed by atoms with E-state index in [1.54, 1.807) is 0 Å². The van der Waals surface area contributed by atoms with Crippen molar-refractivity contribution in [1.29, 1.82) is 0 Å². The summed E-state index contributed by atoms with van der Waals surface area (Å²) in [5.41, 5.74) is 7.93. The molecule has 4 heteroatoms. The summed E-state index contributed by atoms with van der Waals surface area (Å²) in [6.07, 6.45) is 3.96. The lowest BCUT2D eigenvalue weighted by molar-refractivity contribution is 0.254. The predicted molar refractivity (Wildman–Crippen MR) is 78.3 cm³/mol. The van der Waals surface area contributed by atoms with Crippen molar-refractivity contribution in [2.24, 2.45) is 5.73 Å². The van der Waals surface area contributed by atoms with Crippen molar-refractivity contribution in [3.8, 4) is 0 Å². The molecular formula is C15H24N4. The van der Waals surface area contributed by atoms with Crippen LogP contribution < -0.4 is 10.6 Å². The van der Waals surface area contributed by atoms with Gasteiger partial charge in [-0.3, -0.25) is 4.90 Å². The van der Waals surface area contributed by atoms with Crippen molar-refractivity contribution in [3.63, 3.8) is 0 Å². The average molecular weight is 260 g/mol. The Kier molecular flexibility index (Phi) is 3.46. The van der Waals surface area contributed by atoms with Crippen LogP contribution in [0.1, 0.15) is 30.5 Å². The summed E-state index contributed by atoms with van der Waals surface area (Å²) in [4.78, 5) is 9.77. The van der Waals surface area contributed by atoms with Crippen LogP contribution in [0, 0.1) is 6.92 Å². The molecule has 2 aliphatic heterocycles. The Hall–Kier alpha value is -1.13. The molecule has 4 nitrogen and oxygen atoms in total. The van der Waals surface area contributed by atoms with Gasteiger partial charge >= 0.3 is 0 Å². The molecule has 0 amide bonds. The molecule has 1 aromatic rings. The van der Waals surface area contributed by atoms with E-state index in [2.05, 4.69) is 35.9 Å². The van der Waals surface area contributed by atoms with E-state index in [0.717, 1.165) is 36.2 Å². The van der Waals surface area contributed by atoms with E-state index in [0.29, 0.717) is 12.6 Å². The van der Waals surface area contributed by atoms with Gasteiger partial charge in [-0.1, -0.05) is 6.07 Å². The average Bonchev–Trinajstić information content (AvgIpc) is 2.63. The lowest BCUT2D eigenvalue weighted by Gasteiger charge is -2.27. The summed E-state index contributed by atoms with van der Waals surface area (Å²) in [7, 11) is 2.28. The van der Waals surface area contributed by atoms with Gasteiger partial charge in [-0.05, 0) is 44.9 Å². The van der Waals surface area contributed by atoms with Gasteiger partial charge in [0.15, 0.2) is 0 Å². The summed E-state index contributed by atoms with van der Waals surface area (Å²) in [6.45, 7) is 4.87. The Bertz CT molecular complexity index is 459. The number of anilines is 1. The molecule has 1 aromatic heterocycles. The molecule has 0 aliphatic carbocycles. The summed E-state index contributed by atoms with van der Waals surface area (Å²) in [6, 6.07) is 5.74. The molecule has 2 fully saturated rings. The van der Waals surface area contributed by atoms with E-state index in [1.165, 1.54) is 19.3 Å². The smallest absolute Gasteiger partial charge is 0.128 e. The van der Waals surface area contributed by atoms with Crippen molar-refractivity contribution < 1.29 is 0 Å². The minimum Gasteiger partial charge on any atom is -0.355 e. The zero-order valence-electron chi connectivity index (χ0n) is 12.0. The lowest BCUT2D eigenvalue weighted by Crippen LogP contribution is -2.37. The number of aromatic nitrogens is 1. The van der Waals surface area contributed by atoms with E-state index >= 15 is 0 Å². The normalized spacial score (nSPS) is 27.6. The highest BCUT2D eigenvalue weighted by atomic mass is 15.3. The minimum atomic E-state index is 0.576. The number of aryl methyl sites for hydroxylation is 1. The number of likely N-dealkylation sites (N-methyl/N-ethyl adjacent to an activating group) is 1. The molecule has 2 atom stereocenters. The third kappa shape index (κ3) is 2.35. The van der Waals surface area contributed by atoms with Crippen LogP contribution in [0.3, 0.4) is 0 Å². The van der Waals surface area contributed by atoms with Crippen LogP contribution in [0.5, 0.6) is 0 Å². The Morgan fingerprint density at radius 1 is 1.26 bits per heavy atom. The number of hydrogen-bond acceptors (Lipinski definition) is 4. The molecule has 0 spiro atoms. The van der Waals surface area contributed by atoms with Crippen LogP contribution in [-0.2, 0) is 6.54 Å². The van der Waals surface area contributed by atoms with Crippen LogP contribution in [0.4, 0.5) is 5.82 Å². The first kappa shape index (κ1) is 12.9. The van der Waals surface area contributed by atoms with Gasteiger partial charge in [-0.25, -0.2) is 4.98 Å². The first-order valence-corrected chi connectivity index (χ1v) is 7.32. The fraction of sp³-hybridized carbons (Fsp3) is 0.667. The molecular weight excluding hydrogens is 236 g/mol. The monoisotopic (exact) mass is 260 g/mol. The molecule has 3 rings (SSSR count). The van der Waals surface area contributed by atoms with Gasteiger partial charge in [0.2, 0.25) is 0 Å². The van der Waals surface area contributed by atoms with Gasteiger partial charge in [0.05, 0.1) is 0 Å². The van der Waals surface area contributed by atoms with Crippen LogP contribution >= 0.6 is 0 Å². The number of fused-ring (bicyclic) bond motifs is 2. The lowest BCUT2D eigenvalue weighted by atomic mass is 10.1. The van der Waals surface area contributed by atoms with E-state index in [1.807, 2.05) is 0 Å². The van der Waals surface area contributed by atoms with Crippen LogP contribution in [0.2, 0.25) is 0 Å². The van der Waals surface area contributed by atoms with Gasteiger partial charge in [0.1, 0.15) is 5.82 Å². The fourth-order valence-electron chi connectivity index (χ4n) is 3.49. The molecule has 19 heavy (non-hydrogen) atoms. The second kappa shape index (κ2) is 5.10. The highest BCUT2D eigenvalue weighted by Gasteiger charge is 2.34. The zero-order chi connectivity index (χ0) is 13.4. The fourth-order valence-corrected chi connectivity index (χ4v) is 3.49. The van der Waals surface area contributed by atoms with Crippen LogP contribution in [-0.4, -0.2) is 42.1 Å². The second-order valence-electron chi connectivity index (χ2n) is 5.90. The summed E-state index contributed by atoms with van der Waals surface area (Å²) in [5, 5.41) is 0. The number of rotatable bonds is 2. The summed E-state index contributed by atoms with van der Waals surface area (Å²) < 4.78 is 0. The number of hydrogen-bond donors (Lipinski definition) is 1. The third-order valence-electron chi connectivity index (χ3n) is 4.87. The summed E-state index contributed by atoms with van der Waals surface area (Å²) >= 11 is 0. The number of pyridine rings is 1. The van der Waals surface area contributed by atoms with Crippen molar-refractivity contribution in [3.05, 3.63) is 23.4 Å². The van der Waals surface area contributed by atoms with Gasteiger partial charge in [-0.2, -0.15) is 0 Å². The molecule has 3 heterocycles. The van der Waals surface area contributed by atoms with Crippen molar-refractivity contribution >= 4 is 5.82 Å². The third-order valence-corrected chi connectivity index (χ3v) is 4.87. The largest absolute Gasteiger partial charge is 0.355 e. The maximum absolute atomic E-state index is 5.71. The Morgan fingerprint density at radius 2 is 2.05 bits per heavy atom. The van der Waals surface area contributed by atoms with Crippen molar-refractivity contribution in [2.45, 2.75) is 44.8 Å². The van der Waals surface area contributed by atoms with E-state index < -0.39 is 0 Å². The quantitative estimate of drug-likeness (QED) is 0.876. The van der Waals surface area contributed by atoms with Crippen molar-refractivity contribution in [1.82, 2.24) is 9.88 Å². The molecule has 0 saturated carbocycles. The molecule has 0 aromatic carbocycles. The van der Waals surface area contributed by atoms with Crippen molar-refractivity contribution in [2.75, 3.05) is 25.0 Å². The van der Waals surface area contributed by atoms with E-state index in [9.17, 15) is 0 Å². The maximum Gasteiger partial charge on any atom is 0.128 e. The summed E-state index contributed by atoms with van der Waals surface area (Å²) in [5.74, 6) is 1.12. The van der Waals surface area contributed by atoms with Crippen LogP contribution in [0.25, 0.3) is 0 Å². The second-order valence-corrected chi connectivity index (χ2v) is 5.90. The van der Waals surface area contributed by atoms with Gasteiger partial charge in [-0.15, -0.1) is 0 Å². The number of nitrogens with zero attached hydrogens (tertiary/aromatic N) is 3. The molecule has 0 radical (unpaired) electrons. The highest BCUT2D eigenvalue weighted by molar-refractivity contribution is 5.42. The Labute approximate surface area is 115 Å². The topological polar surface area (TPSA) is 45.4 Å². The molecule has 2 saturated heterocycles. The van der Waals surface area contributed by atoms with Gasteiger partial charge in [0, 0.05) is 37.4 Å². The molecule has 2 N–H and O–H groups in total. The maximum atomic E-state index is 5.71. The Morgan fingerprint density at radius 3 is 2.79 bits per heavy atom. The molecule has 104 valence electrons. The predicted octanol–water partition coefficient (Wildman–Crippen LogP) is 1.52. The highest BCUT2D eigenvalue weighted by Crippen LogP contribution is 2.30. The standard InChI is InChI=1S/C15H24N4/c1-11-12(9-16)3-6-15(17-11)19-8-7-13-4-5-14(10-19)18(13)2/h3,6,13-14H,4-5,7-10,16H2,1-2H3.